The zero-order valence-corrected chi connectivity index (χ0v) is 12.7. The normalized spacial score (nSPS) is 26.3. The van der Waals surface area contributed by atoms with E-state index in [0.717, 1.165) is 31.0 Å². The summed E-state index contributed by atoms with van der Waals surface area (Å²) in [4.78, 5) is 18.7. The van der Waals surface area contributed by atoms with E-state index in [1.165, 1.54) is 0 Å². The van der Waals surface area contributed by atoms with Crippen molar-refractivity contribution in [2.75, 3.05) is 26.2 Å². The van der Waals surface area contributed by atoms with Gasteiger partial charge in [-0.05, 0) is 33.2 Å². The molecule has 2 aliphatic rings. The molecule has 3 heterocycles. The van der Waals surface area contributed by atoms with E-state index in [2.05, 4.69) is 15.4 Å². The van der Waals surface area contributed by atoms with E-state index in [4.69, 9.17) is 4.74 Å². The maximum absolute atomic E-state index is 12.4. The summed E-state index contributed by atoms with van der Waals surface area (Å²) in [5, 5.41) is 7.63. The maximum atomic E-state index is 12.4. The van der Waals surface area contributed by atoms with Crippen molar-refractivity contribution in [1.82, 2.24) is 25.0 Å². The number of rotatable bonds is 3. The largest absolute Gasteiger partial charge is 0.373 e. The Morgan fingerprint density at radius 2 is 2.33 bits per heavy atom. The fourth-order valence-corrected chi connectivity index (χ4v) is 3.07. The molecular formula is C14H23N5O2. The standard InChI is InChI=1S/C14H23N5O2/c1-10-16-11(2)19(17-10)9-12-8-18(6-7-21-12)14(20)13-4-3-5-15-13/h12-13,15H,3-9H2,1-2H3. The van der Waals surface area contributed by atoms with Gasteiger partial charge >= 0.3 is 0 Å². The molecule has 0 spiro atoms. The minimum atomic E-state index is -0.0103. The van der Waals surface area contributed by atoms with E-state index < -0.39 is 0 Å². The van der Waals surface area contributed by atoms with Crippen LogP contribution in [0.3, 0.4) is 0 Å². The minimum absolute atomic E-state index is 0.000833. The highest BCUT2D eigenvalue weighted by Crippen LogP contribution is 2.13. The molecule has 1 aromatic rings. The van der Waals surface area contributed by atoms with Gasteiger partial charge < -0.3 is 15.0 Å². The van der Waals surface area contributed by atoms with Gasteiger partial charge in [-0.15, -0.1) is 0 Å². The predicted octanol–water partition coefficient (Wildman–Crippen LogP) is -0.126. The summed E-state index contributed by atoms with van der Waals surface area (Å²) < 4.78 is 7.65. The van der Waals surface area contributed by atoms with E-state index in [0.29, 0.717) is 26.2 Å². The van der Waals surface area contributed by atoms with Crippen LogP contribution in [0, 0.1) is 13.8 Å². The Morgan fingerprint density at radius 1 is 1.48 bits per heavy atom. The van der Waals surface area contributed by atoms with Crippen molar-refractivity contribution >= 4 is 5.91 Å². The topological polar surface area (TPSA) is 72.3 Å². The Labute approximate surface area is 124 Å². The van der Waals surface area contributed by atoms with Crippen LogP contribution in [0.4, 0.5) is 0 Å². The average molecular weight is 293 g/mol. The van der Waals surface area contributed by atoms with Gasteiger partial charge in [0.2, 0.25) is 5.91 Å². The Bertz CT molecular complexity index is 509. The lowest BCUT2D eigenvalue weighted by atomic mass is 10.1. The first-order valence-corrected chi connectivity index (χ1v) is 7.65. The van der Waals surface area contributed by atoms with Gasteiger partial charge in [-0.2, -0.15) is 5.10 Å². The number of nitrogens with one attached hydrogen (secondary N) is 1. The summed E-state index contributed by atoms with van der Waals surface area (Å²) in [7, 11) is 0. The van der Waals surface area contributed by atoms with Crippen molar-refractivity contribution in [3.05, 3.63) is 11.6 Å². The van der Waals surface area contributed by atoms with Crippen LogP contribution in [0.1, 0.15) is 24.5 Å². The molecule has 116 valence electrons. The molecule has 0 aromatic carbocycles. The van der Waals surface area contributed by atoms with Gasteiger partial charge in [-0.3, -0.25) is 4.79 Å². The molecule has 2 fully saturated rings. The number of aryl methyl sites for hydroxylation is 2. The molecule has 2 aliphatic heterocycles. The van der Waals surface area contributed by atoms with E-state index in [-0.39, 0.29) is 18.1 Å². The van der Waals surface area contributed by atoms with Crippen LogP contribution in [0.15, 0.2) is 0 Å². The van der Waals surface area contributed by atoms with Crippen molar-refractivity contribution in [2.24, 2.45) is 0 Å². The Hall–Kier alpha value is -1.47. The Kier molecular flexibility index (Phi) is 4.21. The van der Waals surface area contributed by atoms with Gasteiger partial charge in [0.15, 0.2) is 0 Å². The fourth-order valence-electron chi connectivity index (χ4n) is 3.07. The predicted molar refractivity (Wildman–Crippen MR) is 76.8 cm³/mol. The number of amides is 1. The first kappa shape index (κ1) is 14.5. The first-order chi connectivity index (χ1) is 10.1. The summed E-state index contributed by atoms with van der Waals surface area (Å²) in [5.41, 5.74) is 0. The zero-order chi connectivity index (χ0) is 14.8. The number of carbonyl (C=O) groups is 1. The van der Waals surface area contributed by atoms with Crippen LogP contribution >= 0.6 is 0 Å². The van der Waals surface area contributed by atoms with E-state index in [9.17, 15) is 4.79 Å². The second-order valence-corrected chi connectivity index (χ2v) is 5.81. The van der Waals surface area contributed by atoms with Crippen molar-refractivity contribution < 1.29 is 9.53 Å². The Balaban J connectivity index is 1.60. The van der Waals surface area contributed by atoms with Crippen LogP contribution in [0.25, 0.3) is 0 Å². The summed E-state index contributed by atoms with van der Waals surface area (Å²) >= 11 is 0. The fraction of sp³-hybridized carbons (Fsp3) is 0.786. The van der Waals surface area contributed by atoms with E-state index in [1.807, 2.05) is 23.4 Å². The lowest BCUT2D eigenvalue weighted by Gasteiger charge is -2.34. The number of aromatic nitrogens is 3. The molecule has 1 aromatic heterocycles. The average Bonchev–Trinajstić information content (AvgIpc) is 3.09. The quantitative estimate of drug-likeness (QED) is 0.841. The van der Waals surface area contributed by atoms with Crippen LogP contribution in [-0.2, 0) is 16.1 Å². The second-order valence-electron chi connectivity index (χ2n) is 5.81. The van der Waals surface area contributed by atoms with Crippen LogP contribution in [0.2, 0.25) is 0 Å². The SMILES string of the molecule is Cc1nc(C)n(CC2CN(C(=O)C3CCCN3)CCO2)n1. The molecule has 2 unspecified atom stereocenters. The monoisotopic (exact) mass is 293 g/mol. The zero-order valence-electron chi connectivity index (χ0n) is 12.7. The molecule has 2 atom stereocenters. The Morgan fingerprint density at radius 3 is 3.00 bits per heavy atom. The highest BCUT2D eigenvalue weighted by molar-refractivity contribution is 5.82. The summed E-state index contributed by atoms with van der Waals surface area (Å²) in [6.07, 6.45) is 2.02. The molecule has 21 heavy (non-hydrogen) atoms. The van der Waals surface area contributed by atoms with Crippen molar-refractivity contribution in [3.8, 4) is 0 Å². The smallest absolute Gasteiger partial charge is 0.239 e. The van der Waals surface area contributed by atoms with Crippen molar-refractivity contribution in [2.45, 2.75) is 45.4 Å². The third kappa shape index (κ3) is 3.24. The van der Waals surface area contributed by atoms with Crippen LogP contribution in [0.5, 0.6) is 0 Å². The van der Waals surface area contributed by atoms with Gasteiger partial charge in [-0.1, -0.05) is 0 Å². The van der Waals surface area contributed by atoms with E-state index in [1.54, 1.807) is 0 Å². The van der Waals surface area contributed by atoms with Gasteiger partial charge in [0.05, 0.1) is 25.3 Å². The second kappa shape index (κ2) is 6.11. The molecule has 7 nitrogen and oxygen atoms in total. The lowest BCUT2D eigenvalue weighted by Crippen LogP contribution is -2.52. The van der Waals surface area contributed by atoms with Crippen LogP contribution in [-0.4, -0.2) is 64.0 Å². The summed E-state index contributed by atoms with van der Waals surface area (Å²) in [6, 6.07) is -0.000833. The van der Waals surface area contributed by atoms with Crippen molar-refractivity contribution in [3.63, 3.8) is 0 Å². The third-order valence-corrected chi connectivity index (χ3v) is 4.15. The maximum Gasteiger partial charge on any atom is 0.239 e. The number of ether oxygens (including phenoxy) is 1. The van der Waals surface area contributed by atoms with Gasteiger partial charge in [0.25, 0.3) is 0 Å². The summed E-state index contributed by atoms with van der Waals surface area (Å²) in [5.74, 6) is 1.87. The number of nitrogens with zero attached hydrogens (tertiary/aromatic N) is 4. The lowest BCUT2D eigenvalue weighted by molar-refractivity contribution is -0.141. The number of hydrogen-bond acceptors (Lipinski definition) is 5. The summed E-state index contributed by atoms with van der Waals surface area (Å²) in [6.45, 7) is 7.32. The van der Waals surface area contributed by atoms with Crippen LogP contribution < -0.4 is 5.32 Å². The van der Waals surface area contributed by atoms with Gasteiger partial charge in [0.1, 0.15) is 11.6 Å². The molecule has 1 amide bonds. The first-order valence-electron chi connectivity index (χ1n) is 7.65. The number of hydrogen-bond donors (Lipinski definition) is 1. The van der Waals surface area contributed by atoms with Crippen molar-refractivity contribution in [1.29, 1.82) is 0 Å². The number of morpholine rings is 1. The molecule has 3 rings (SSSR count). The third-order valence-electron chi connectivity index (χ3n) is 4.15. The molecule has 0 saturated carbocycles. The highest BCUT2D eigenvalue weighted by Gasteiger charge is 2.31. The molecule has 1 N–H and O–H groups in total. The molecule has 0 aliphatic carbocycles. The van der Waals surface area contributed by atoms with Gasteiger partial charge in [0, 0.05) is 13.1 Å². The number of carbonyl (C=O) groups excluding carboxylic acids is 1. The molecule has 7 heteroatoms. The molecule has 2 saturated heterocycles. The van der Waals surface area contributed by atoms with Gasteiger partial charge in [-0.25, -0.2) is 9.67 Å². The molecular weight excluding hydrogens is 270 g/mol. The van der Waals surface area contributed by atoms with E-state index >= 15 is 0 Å². The molecule has 0 radical (unpaired) electrons. The minimum Gasteiger partial charge on any atom is -0.373 e. The highest BCUT2D eigenvalue weighted by atomic mass is 16.5. The molecule has 0 bridgehead atoms.